The average Bonchev–Trinajstić information content (AvgIpc) is 3.04. The molecule has 4 nitrogen and oxygen atoms in total. The molecule has 0 aliphatic heterocycles. The maximum Gasteiger partial charge on any atom is 0.263 e. The van der Waals surface area contributed by atoms with Crippen LogP contribution in [0.4, 0.5) is 4.39 Å². The Hall–Kier alpha value is -2.73. The summed E-state index contributed by atoms with van der Waals surface area (Å²) < 4.78 is 18.8. The van der Waals surface area contributed by atoms with Gasteiger partial charge in [0.2, 0.25) is 0 Å². The van der Waals surface area contributed by atoms with Gasteiger partial charge >= 0.3 is 0 Å². The van der Waals surface area contributed by atoms with Gasteiger partial charge in [0, 0.05) is 13.0 Å². The zero-order valence-electron chi connectivity index (χ0n) is 15.1. The standard InChI is InChI=1S/C21H21FN2O2S/c1-15-20(27-19(24-15)14-16-8-3-2-4-9-16)21(25)23-12-7-13-26-18-11-6-5-10-17(18)22/h2-6,8-11H,7,12-14H2,1H3,(H,23,25). The summed E-state index contributed by atoms with van der Waals surface area (Å²) in [6.45, 7) is 2.64. The van der Waals surface area contributed by atoms with Crippen LogP contribution in [-0.2, 0) is 6.42 Å². The second kappa shape index (κ2) is 9.28. The number of para-hydroxylation sites is 1. The number of hydrogen-bond donors (Lipinski definition) is 1. The summed E-state index contributed by atoms with van der Waals surface area (Å²) >= 11 is 1.42. The van der Waals surface area contributed by atoms with E-state index >= 15 is 0 Å². The van der Waals surface area contributed by atoms with Gasteiger partial charge in [0.05, 0.1) is 17.3 Å². The van der Waals surface area contributed by atoms with Crippen molar-refractivity contribution in [1.29, 1.82) is 0 Å². The number of aryl methyl sites for hydroxylation is 1. The van der Waals surface area contributed by atoms with Crippen molar-refractivity contribution >= 4 is 17.2 Å². The van der Waals surface area contributed by atoms with Crippen molar-refractivity contribution in [3.8, 4) is 5.75 Å². The number of ether oxygens (including phenoxy) is 1. The Morgan fingerprint density at radius 1 is 1.15 bits per heavy atom. The number of carbonyl (C=O) groups is 1. The smallest absolute Gasteiger partial charge is 0.263 e. The molecule has 0 atom stereocenters. The van der Waals surface area contributed by atoms with Crippen molar-refractivity contribution in [1.82, 2.24) is 10.3 Å². The molecule has 1 aromatic heterocycles. The average molecular weight is 384 g/mol. The summed E-state index contributed by atoms with van der Waals surface area (Å²) in [5.41, 5.74) is 1.91. The normalized spacial score (nSPS) is 10.6. The molecular weight excluding hydrogens is 363 g/mol. The van der Waals surface area contributed by atoms with Crippen LogP contribution in [0.1, 0.15) is 32.4 Å². The monoisotopic (exact) mass is 384 g/mol. The lowest BCUT2D eigenvalue weighted by Gasteiger charge is -2.07. The van der Waals surface area contributed by atoms with Gasteiger partial charge in [-0.2, -0.15) is 0 Å². The fraction of sp³-hybridized carbons (Fsp3) is 0.238. The zero-order valence-corrected chi connectivity index (χ0v) is 15.9. The molecule has 3 rings (SSSR count). The molecule has 0 spiro atoms. The van der Waals surface area contributed by atoms with Gasteiger partial charge < -0.3 is 10.1 Å². The first-order valence-corrected chi connectivity index (χ1v) is 9.61. The van der Waals surface area contributed by atoms with E-state index in [0.717, 1.165) is 17.1 Å². The third kappa shape index (κ3) is 5.37. The Kier molecular flexibility index (Phi) is 6.54. The number of nitrogens with zero attached hydrogens (tertiary/aromatic N) is 1. The van der Waals surface area contributed by atoms with E-state index in [4.69, 9.17) is 4.74 Å². The number of aromatic nitrogens is 1. The molecule has 0 fully saturated rings. The summed E-state index contributed by atoms with van der Waals surface area (Å²) in [6, 6.07) is 16.3. The van der Waals surface area contributed by atoms with Gasteiger partial charge in [-0.3, -0.25) is 4.79 Å². The molecule has 1 N–H and O–H groups in total. The van der Waals surface area contributed by atoms with Crippen LogP contribution >= 0.6 is 11.3 Å². The molecule has 0 bridgehead atoms. The molecule has 0 saturated carbocycles. The van der Waals surface area contributed by atoms with E-state index in [1.165, 1.54) is 23.0 Å². The number of rotatable bonds is 8. The Labute approximate surface area is 162 Å². The van der Waals surface area contributed by atoms with Crippen LogP contribution < -0.4 is 10.1 Å². The van der Waals surface area contributed by atoms with Crippen molar-refractivity contribution in [3.05, 3.63) is 81.6 Å². The molecular formula is C21H21FN2O2S. The first-order valence-electron chi connectivity index (χ1n) is 8.79. The van der Waals surface area contributed by atoms with Crippen molar-refractivity contribution < 1.29 is 13.9 Å². The van der Waals surface area contributed by atoms with Gasteiger partial charge in [0.15, 0.2) is 11.6 Å². The Morgan fingerprint density at radius 2 is 1.89 bits per heavy atom. The van der Waals surface area contributed by atoms with E-state index < -0.39 is 0 Å². The third-order valence-corrected chi connectivity index (χ3v) is 5.10. The molecule has 1 amide bonds. The summed E-state index contributed by atoms with van der Waals surface area (Å²) in [4.78, 5) is 17.5. The molecule has 27 heavy (non-hydrogen) atoms. The van der Waals surface area contributed by atoms with Gasteiger partial charge in [-0.05, 0) is 31.0 Å². The lowest BCUT2D eigenvalue weighted by Crippen LogP contribution is -2.25. The maximum absolute atomic E-state index is 13.5. The SMILES string of the molecule is Cc1nc(Cc2ccccc2)sc1C(=O)NCCCOc1ccccc1F. The minimum absolute atomic E-state index is 0.129. The van der Waals surface area contributed by atoms with Crippen molar-refractivity contribution in [2.75, 3.05) is 13.2 Å². The highest BCUT2D eigenvalue weighted by Crippen LogP contribution is 2.21. The molecule has 0 aliphatic rings. The largest absolute Gasteiger partial charge is 0.490 e. The van der Waals surface area contributed by atoms with E-state index in [0.29, 0.717) is 24.4 Å². The quantitative estimate of drug-likeness (QED) is 0.587. The molecule has 3 aromatic rings. The van der Waals surface area contributed by atoms with E-state index in [9.17, 15) is 9.18 Å². The van der Waals surface area contributed by atoms with Crippen LogP contribution in [0.3, 0.4) is 0 Å². The number of hydrogen-bond acceptors (Lipinski definition) is 4. The maximum atomic E-state index is 13.5. The van der Waals surface area contributed by atoms with E-state index in [-0.39, 0.29) is 17.5 Å². The van der Waals surface area contributed by atoms with Gasteiger partial charge in [-0.25, -0.2) is 9.37 Å². The summed E-state index contributed by atoms with van der Waals surface area (Å²) in [6.07, 6.45) is 1.31. The van der Waals surface area contributed by atoms with Gasteiger partial charge in [-0.15, -0.1) is 11.3 Å². The molecule has 0 aliphatic carbocycles. The van der Waals surface area contributed by atoms with Gasteiger partial charge in [0.1, 0.15) is 4.88 Å². The topological polar surface area (TPSA) is 51.2 Å². The highest BCUT2D eigenvalue weighted by Gasteiger charge is 2.15. The number of carbonyl (C=O) groups excluding carboxylic acids is 1. The van der Waals surface area contributed by atoms with Gasteiger partial charge in [0.25, 0.3) is 5.91 Å². The molecule has 0 saturated heterocycles. The first-order chi connectivity index (χ1) is 13.1. The van der Waals surface area contributed by atoms with Crippen LogP contribution in [0, 0.1) is 12.7 Å². The predicted molar refractivity (Wildman–Crippen MR) is 105 cm³/mol. The minimum Gasteiger partial charge on any atom is -0.490 e. The van der Waals surface area contributed by atoms with Crippen molar-refractivity contribution in [3.63, 3.8) is 0 Å². The molecule has 1 heterocycles. The van der Waals surface area contributed by atoms with Gasteiger partial charge in [-0.1, -0.05) is 42.5 Å². The third-order valence-electron chi connectivity index (χ3n) is 3.95. The number of nitrogens with one attached hydrogen (secondary N) is 1. The predicted octanol–water partition coefficient (Wildman–Crippen LogP) is 4.38. The van der Waals surface area contributed by atoms with Crippen molar-refractivity contribution in [2.45, 2.75) is 19.8 Å². The van der Waals surface area contributed by atoms with Crippen LogP contribution in [0.5, 0.6) is 5.75 Å². The summed E-state index contributed by atoms with van der Waals surface area (Å²) in [5, 5.41) is 3.80. The van der Waals surface area contributed by atoms with E-state index in [1.807, 2.05) is 37.3 Å². The van der Waals surface area contributed by atoms with Crippen LogP contribution in [0.2, 0.25) is 0 Å². The molecule has 6 heteroatoms. The fourth-order valence-electron chi connectivity index (χ4n) is 2.61. The lowest BCUT2D eigenvalue weighted by molar-refractivity contribution is 0.0954. The fourth-order valence-corrected chi connectivity index (χ4v) is 3.62. The highest BCUT2D eigenvalue weighted by atomic mass is 32.1. The summed E-state index contributed by atoms with van der Waals surface area (Å²) in [7, 11) is 0. The van der Waals surface area contributed by atoms with Crippen molar-refractivity contribution in [2.24, 2.45) is 0 Å². The van der Waals surface area contributed by atoms with E-state index in [2.05, 4.69) is 10.3 Å². The molecule has 0 unspecified atom stereocenters. The number of thiazole rings is 1. The second-order valence-electron chi connectivity index (χ2n) is 6.07. The van der Waals surface area contributed by atoms with Crippen LogP contribution in [0.15, 0.2) is 54.6 Å². The molecule has 140 valence electrons. The number of benzene rings is 2. The first kappa shape index (κ1) is 19.0. The minimum atomic E-state index is -0.382. The van der Waals surface area contributed by atoms with Crippen LogP contribution in [0.25, 0.3) is 0 Å². The van der Waals surface area contributed by atoms with Crippen LogP contribution in [-0.4, -0.2) is 24.0 Å². The molecule has 2 aromatic carbocycles. The summed E-state index contributed by atoms with van der Waals surface area (Å²) in [5.74, 6) is -0.282. The lowest BCUT2D eigenvalue weighted by atomic mass is 10.2. The Bertz CT molecular complexity index is 896. The Morgan fingerprint density at radius 3 is 2.67 bits per heavy atom. The number of halogens is 1. The molecule has 0 radical (unpaired) electrons. The highest BCUT2D eigenvalue weighted by molar-refractivity contribution is 7.13. The zero-order chi connectivity index (χ0) is 19.1. The Balaban J connectivity index is 1.46. The van der Waals surface area contributed by atoms with E-state index in [1.54, 1.807) is 18.2 Å². The number of amides is 1. The second-order valence-corrected chi connectivity index (χ2v) is 7.16.